The van der Waals surface area contributed by atoms with Crippen LogP contribution in [0, 0.1) is 0 Å². The van der Waals surface area contributed by atoms with Gasteiger partial charge in [-0.3, -0.25) is 0 Å². The van der Waals surface area contributed by atoms with Gasteiger partial charge < -0.3 is 16.2 Å². The molecule has 4 nitrogen and oxygen atoms in total. The van der Waals surface area contributed by atoms with E-state index in [2.05, 4.69) is 26.3 Å². The molecule has 0 atom stereocenters. The Morgan fingerprint density at radius 1 is 0.913 bits per heavy atom. The van der Waals surface area contributed by atoms with E-state index in [-0.39, 0.29) is 5.76 Å². The number of nitrogen functional groups attached to an aromatic ring is 1. The van der Waals surface area contributed by atoms with Crippen molar-refractivity contribution in [2.24, 2.45) is 5.73 Å². The maximum atomic E-state index is 11.9. The van der Waals surface area contributed by atoms with Crippen molar-refractivity contribution >= 4 is 11.7 Å². The predicted octanol–water partition coefficient (Wildman–Crippen LogP) is 3.64. The number of allylic oxidation sites excluding steroid dienone is 6. The molecule has 0 bridgehead atoms. The molecule has 118 valence electrons. The second-order valence-corrected chi connectivity index (χ2v) is 4.77. The summed E-state index contributed by atoms with van der Waals surface area (Å²) in [7, 11) is 0. The molecule has 1 aromatic rings. The molecule has 0 radical (unpaired) electrons. The summed E-state index contributed by atoms with van der Waals surface area (Å²) in [5.74, 6) is -0.323. The minimum atomic E-state index is -0.511. The molecule has 0 aromatic heterocycles. The normalized spacial score (nSPS) is 10.6. The molecule has 23 heavy (non-hydrogen) atoms. The van der Waals surface area contributed by atoms with Crippen LogP contribution in [0.1, 0.15) is 10.4 Å². The molecule has 0 spiro atoms. The zero-order chi connectivity index (χ0) is 17.4. The third kappa shape index (κ3) is 6.35. The second kappa shape index (κ2) is 8.24. The first-order valence-corrected chi connectivity index (χ1v) is 6.75. The smallest absolute Gasteiger partial charge is 0.343 e. The van der Waals surface area contributed by atoms with E-state index in [0.29, 0.717) is 28.1 Å². The first-order valence-electron chi connectivity index (χ1n) is 6.75. The van der Waals surface area contributed by atoms with Crippen molar-refractivity contribution in [3.63, 3.8) is 0 Å². The molecule has 1 aromatic carbocycles. The summed E-state index contributed by atoms with van der Waals surface area (Å²) in [6.07, 6.45) is 6.49. The Kier molecular flexibility index (Phi) is 6.37. The van der Waals surface area contributed by atoms with Crippen LogP contribution in [0.5, 0.6) is 0 Å². The Balaban J connectivity index is 2.60. The maximum Gasteiger partial charge on any atom is 0.343 e. The summed E-state index contributed by atoms with van der Waals surface area (Å²) < 4.78 is 5.12. The number of carbonyl (C=O) groups is 1. The molecule has 0 aliphatic heterocycles. The summed E-state index contributed by atoms with van der Waals surface area (Å²) in [6, 6.07) is 6.41. The van der Waals surface area contributed by atoms with E-state index < -0.39 is 5.97 Å². The number of esters is 1. The van der Waals surface area contributed by atoms with Crippen molar-refractivity contribution in [3.8, 4) is 0 Å². The van der Waals surface area contributed by atoms with E-state index in [1.165, 1.54) is 6.08 Å². The lowest BCUT2D eigenvalue weighted by Crippen LogP contribution is -2.03. The van der Waals surface area contributed by atoms with Gasteiger partial charge in [0, 0.05) is 11.4 Å². The molecule has 0 heterocycles. The number of anilines is 1. The van der Waals surface area contributed by atoms with Crippen LogP contribution < -0.4 is 11.5 Å². The van der Waals surface area contributed by atoms with E-state index in [9.17, 15) is 4.79 Å². The molecular formula is C19H20N2O2. The van der Waals surface area contributed by atoms with Crippen molar-refractivity contribution in [1.29, 1.82) is 0 Å². The van der Waals surface area contributed by atoms with Gasteiger partial charge >= 0.3 is 5.97 Å². The number of carbonyl (C=O) groups excluding carboxylic acids is 1. The molecule has 4 N–H and O–H groups in total. The SMILES string of the molecule is C=C(N)/C=C\C(=C)C(=C)/C=C\C(=C)OC(=O)c1ccc(N)cc1. The first kappa shape index (κ1) is 17.8. The third-order valence-electron chi connectivity index (χ3n) is 2.75. The molecule has 0 amide bonds. The first-order chi connectivity index (χ1) is 10.8. The Labute approximate surface area is 136 Å². The van der Waals surface area contributed by atoms with Crippen LogP contribution in [0.3, 0.4) is 0 Å². The fourth-order valence-electron chi connectivity index (χ4n) is 1.45. The highest BCUT2D eigenvalue weighted by Gasteiger charge is 2.07. The fourth-order valence-corrected chi connectivity index (χ4v) is 1.45. The fraction of sp³-hybridized carbons (Fsp3) is 0. The largest absolute Gasteiger partial charge is 0.424 e. The van der Waals surface area contributed by atoms with Gasteiger partial charge in [0.25, 0.3) is 0 Å². The number of ether oxygens (including phenoxy) is 1. The minimum absolute atomic E-state index is 0.188. The number of hydrogen-bond donors (Lipinski definition) is 2. The number of nitrogens with two attached hydrogens (primary N) is 2. The average molecular weight is 308 g/mol. The molecular weight excluding hydrogens is 288 g/mol. The highest BCUT2D eigenvalue weighted by atomic mass is 16.5. The number of rotatable bonds is 7. The second-order valence-electron chi connectivity index (χ2n) is 4.77. The van der Waals surface area contributed by atoms with Crippen molar-refractivity contribution in [3.05, 3.63) is 103 Å². The standard InChI is InChI=1S/C19H20N2O2/c1-13(5-7-15(3)20)14(2)6-8-16(4)23-19(22)17-9-11-18(21)12-10-17/h5-12H,1-4,20-21H2/b7-5-,8-6-. The zero-order valence-electron chi connectivity index (χ0n) is 12.9. The molecule has 0 fully saturated rings. The van der Waals surface area contributed by atoms with E-state index >= 15 is 0 Å². The molecule has 0 aliphatic carbocycles. The van der Waals surface area contributed by atoms with Gasteiger partial charge in [0.1, 0.15) is 5.76 Å². The summed E-state index contributed by atoms with van der Waals surface area (Å²) in [5.41, 5.74) is 13.7. The van der Waals surface area contributed by atoms with Crippen LogP contribution in [0.4, 0.5) is 5.69 Å². The van der Waals surface area contributed by atoms with E-state index in [1.54, 1.807) is 42.5 Å². The molecule has 1 rings (SSSR count). The van der Waals surface area contributed by atoms with Gasteiger partial charge in [-0.1, -0.05) is 38.5 Å². The van der Waals surface area contributed by atoms with Crippen molar-refractivity contribution in [2.45, 2.75) is 0 Å². The average Bonchev–Trinajstić information content (AvgIpc) is 2.50. The van der Waals surface area contributed by atoms with Gasteiger partial charge in [-0.25, -0.2) is 4.79 Å². The van der Waals surface area contributed by atoms with Crippen molar-refractivity contribution in [2.75, 3.05) is 5.73 Å². The van der Waals surface area contributed by atoms with Crippen LogP contribution in [0.15, 0.2) is 97.5 Å². The monoisotopic (exact) mass is 308 g/mol. The Morgan fingerprint density at radius 2 is 1.43 bits per heavy atom. The van der Waals surface area contributed by atoms with Crippen molar-refractivity contribution in [1.82, 2.24) is 0 Å². The molecule has 0 saturated heterocycles. The lowest BCUT2D eigenvalue weighted by Gasteiger charge is -2.04. The minimum Gasteiger partial charge on any atom is -0.424 e. The van der Waals surface area contributed by atoms with Crippen LogP contribution >= 0.6 is 0 Å². The number of hydrogen-bond acceptors (Lipinski definition) is 4. The molecule has 0 saturated carbocycles. The van der Waals surface area contributed by atoms with Crippen LogP contribution in [-0.4, -0.2) is 5.97 Å². The van der Waals surface area contributed by atoms with Gasteiger partial charge in [0.2, 0.25) is 0 Å². The van der Waals surface area contributed by atoms with Crippen LogP contribution in [0.2, 0.25) is 0 Å². The molecule has 0 unspecified atom stereocenters. The van der Waals surface area contributed by atoms with E-state index in [0.717, 1.165) is 0 Å². The summed E-state index contributed by atoms with van der Waals surface area (Å²) in [4.78, 5) is 11.9. The lowest BCUT2D eigenvalue weighted by atomic mass is 10.1. The topological polar surface area (TPSA) is 78.3 Å². The quantitative estimate of drug-likeness (QED) is 0.349. The highest BCUT2D eigenvalue weighted by molar-refractivity contribution is 5.90. The maximum absolute atomic E-state index is 11.9. The molecule has 4 heteroatoms. The van der Waals surface area contributed by atoms with Gasteiger partial charge in [0.15, 0.2) is 0 Å². The Hall–Kier alpha value is -3.27. The highest BCUT2D eigenvalue weighted by Crippen LogP contribution is 2.12. The summed E-state index contributed by atoms with van der Waals surface area (Å²) in [6.45, 7) is 14.9. The van der Waals surface area contributed by atoms with Gasteiger partial charge in [-0.05, 0) is 47.6 Å². The third-order valence-corrected chi connectivity index (χ3v) is 2.75. The predicted molar refractivity (Wildman–Crippen MR) is 95.3 cm³/mol. The van der Waals surface area contributed by atoms with Gasteiger partial charge in [0.05, 0.1) is 5.56 Å². The number of benzene rings is 1. The van der Waals surface area contributed by atoms with E-state index in [1.807, 2.05) is 0 Å². The van der Waals surface area contributed by atoms with E-state index in [4.69, 9.17) is 16.2 Å². The van der Waals surface area contributed by atoms with Crippen LogP contribution in [0.25, 0.3) is 0 Å². The Morgan fingerprint density at radius 3 is 1.96 bits per heavy atom. The van der Waals surface area contributed by atoms with Gasteiger partial charge in [-0.15, -0.1) is 0 Å². The van der Waals surface area contributed by atoms with Crippen LogP contribution in [-0.2, 0) is 4.74 Å². The summed E-state index contributed by atoms with van der Waals surface area (Å²) >= 11 is 0. The summed E-state index contributed by atoms with van der Waals surface area (Å²) in [5, 5.41) is 0. The van der Waals surface area contributed by atoms with Crippen molar-refractivity contribution < 1.29 is 9.53 Å². The zero-order valence-corrected chi connectivity index (χ0v) is 12.9. The van der Waals surface area contributed by atoms with Gasteiger partial charge in [-0.2, -0.15) is 0 Å². The molecule has 0 aliphatic rings. The Bertz CT molecular complexity index is 707. The lowest BCUT2D eigenvalue weighted by molar-refractivity contribution is 0.0638.